The van der Waals surface area contributed by atoms with Crippen molar-refractivity contribution in [1.29, 1.82) is 0 Å². The standard InChI is InChI=1S/C14H13NO4S/c1-19-11(9-5-3-2-4-6-9)12(16)15-13-10(14(17)18)7-8-20-13/h2-8,11H,1H3,(H,15,16)(H,17,18). The third kappa shape index (κ3) is 3.04. The molecule has 0 aliphatic carbocycles. The maximum Gasteiger partial charge on any atom is 0.338 e. The molecule has 1 atom stereocenters. The van der Waals surface area contributed by atoms with Crippen molar-refractivity contribution in [3.63, 3.8) is 0 Å². The van der Waals surface area contributed by atoms with Crippen LogP contribution in [0, 0.1) is 0 Å². The van der Waals surface area contributed by atoms with Gasteiger partial charge in [0, 0.05) is 7.11 Å². The third-order valence-corrected chi connectivity index (χ3v) is 3.54. The Hall–Kier alpha value is -2.18. The van der Waals surface area contributed by atoms with E-state index in [0.29, 0.717) is 10.6 Å². The minimum atomic E-state index is -1.07. The van der Waals surface area contributed by atoms with E-state index in [2.05, 4.69) is 5.32 Å². The molecule has 0 saturated carbocycles. The molecule has 1 heterocycles. The first-order valence-corrected chi connectivity index (χ1v) is 6.71. The monoisotopic (exact) mass is 291 g/mol. The number of nitrogens with one attached hydrogen (secondary N) is 1. The number of carbonyl (C=O) groups is 2. The molecular weight excluding hydrogens is 278 g/mol. The highest BCUT2D eigenvalue weighted by atomic mass is 32.1. The Labute approximate surface area is 119 Å². The first-order valence-electron chi connectivity index (χ1n) is 5.83. The average Bonchev–Trinajstić information content (AvgIpc) is 2.89. The van der Waals surface area contributed by atoms with Crippen LogP contribution in [0.2, 0.25) is 0 Å². The fourth-order valence-electron chi connectivity index (χ4n) is 1.77. The van der Waals surface area contributed by atoms with Crippen molar-refractivity contribution >= 4 is 28.2 Å². The molecule has 1 unspecified atom stereocenters. The maximum absolute atomic E-state index is 12.2. The summed E-state index contributed by atoms with van der Waals surface area (Å²) in [5.41, 5.74) is 0.784. The Bertz CT molecular complexity index is 609. The van der Waals surface area contributed by atoms with Crippen LogP contribution < -0.4 is 5.32 Å². The zero-order valence-electron chi connectivity index (χ0n) is 10.7. The molecule has 0 saturated heterocycles. The Morgan fingerprint density at radius 1 is 1.25 bits per heavy atom. The molecule has 104 valence electrons. The molecule has 20 heavy (non-hydrogen) atoms. The van der Waals surface area contributed by atoms with Gasteiger partial charge in [-0.2, -0.15) is 0 Å². The van der Waals surface area contributed by atoms with E-state index in [4.69, 9.17) is 9.84 Å². The molecule has 2 aromatic rings. The Morgan fingerprint density at radius 2 is 1.95 bits per heavy atom. The number of aromatic carboxylic acids is 1. The van der Waals surface area contributed by atoms with Crippen LogP contribution in [0.3, 0.4) is 0 Å². The largest absolute Gasteiger partial charge is 0.478 e. The van der Waals surface area contributed by atoms with Crippen LogP contribution in [0.5, 0.6) is 0 Å². The molecule has 2 N–H and O–H groups in total. The zero-order chi connectivity index (χ0) is 14.5. The first-order chi connectivity index (χ1) is 9.63. The number of thiophene rings is 1. The second-order valence-corrected chi connectivity index (χ2v) is 4.90. The van der Waals surface area contributed by atoms with Gasteiger partial charge in [0.15, 0.2) is 6.10 Å². The number of carboxylic acid groups (broad SMARTS) is 1. The van der Waals surface area contributed by atoms with Crippen molar-refractivity contribution in [1.82, 2.24) is 0 Å². The Kier molecular flexibility index (Phi) is 4.49. The number of methoxy groups -OCH3 is 1. The number of carbonyl (C=O) groups excluding carboxylic acids is 1. The predicted molar refractivity (Wildman–Crippen MR) is 76.1 cm³/mol. The SMILES string of the molecule is COC(C(=O)Nc1sccc1C(=O)O)c1ccccc1. The van der Waals surface area contributed by atoms with Crippen molar-refractivity contribution in [3.8, 4) is 0 Å². The molecule has 2 rings (SSSR count). The lowest BCUT2D eigenvalue weighted by Crippen LogP contribution is -2.22. The van der Waals surface area contributed by atoms with Crippen LogP contribution in [-0.4, -0.2) is 24.1 Å². The minimum absolute atomic E-state index is 0.0752. The van der Waals surface area contributed by atoms with Gasteiger partial charge in [-0.1, -0.05) is 30.3 Å². The van der Waals surface area contributed by atoms with Gasteiger partial charge in [-0.05, 0) is 17.0 Å². The highest BCUT2D eigenvalue weighted by Gasteiger charge is 2.22. The van der Waals surface area contributed by atoms with Crippen LogP contribution in [0.15, 0.2) is 41.8 Å². The Morgan fingerprint density at radius 3 is 2.55 bits per heavy atom. The molecule has 0 bridgehead atoms. The highest BCUT2D eigenvalue weighted by molar-refractivity contribution is 7.14. The summed E-state index contributed by atoms with van der Waals surface area (Å²) in [6.45, 7) is 0. The summed E-state index contributed by atoms with van der Waals surface area (Å²) in [6.07, 6.45) is -0.778. The van der Waals surface area contributed by atoms with E-state index in [1.807, 2.05) is 18.2 Å². The molecule has 0 aliphatic heterocycles. The summed E-state index contributed by atoms with van der Waals surface area (Å²) in [5.74, 6) is -1.47. The average molecular weight is 291 g/mol. The number of amides is 1. The molecule has 0 radical (unpaired) electrons. The summed E-state index contributed by atoms with van der Waals surface area (Å²) in [5, 5.41) is 13.5. The molecule has 1 aromatic heterocycles. The van der Waals surface area contributed by atoms with Gasteiger partial charge in [-0.3, -0.25) is 4.79 Å². The quantitative estimate of drug-likeness (QED) is 0.888. The summed E-state index contributed by atoms with van der Waals surface area (Å²) >= 11 is 1.16. The summed E-state index contributed by atoms with van der Waals surface area (Å²) in [7, 11) is 1.43. The van der Waals surface area contributed by atoms with Crippen LogP contribution in [0.25, 0.3) is 0 Å². The molecular formula is C14H13NO4S. The van der Waals surface area contributed by atoms with E-state index in [1.165, 1.54) is 13.2 Å². The van der Waals surface area contributed by atoms with Crippen molar-refractivity contribution in [2.24, 2.45) is 0 Å². The highest BCUT2D eigenvalue weighted by Crippen LogP contribution is 2.25. The normalized spacial score (nSPS) is 11.8. The van der Waals surface area contributed by atoms with Gasteiger partial charge < -0.3 is 15.2 Å². The van der Waals surface area contributed by atoms with Crippen molar-refractivity contribution in [2.45, 2.75) is 6.10 Å². The lowest BCUT2D eigenvalue weighted by molar-refractivity contribution is -0.126. The minimum Gasteiger partial charge on any atom is -0.478 e. The smallest absolute Gasteiger partial charge is 0.338 e. The van der Waals surface area contributed by atoms with E-state index in [1.54, 1.807) is 17.5 Å². The topological polar surface area (TPSA) is 75.6 Å². The van der Waals surface area contributed by atoms with E-state index >= 15 is 0 Å². The van der Waals surface area contributed by atoms with Gasteiger partial charge in [-0.25, -0.2) is 4.79 Å². The number of benzene rings is 1. The molecule has 0 spiro atoms. The van der Waals surface area contributed by atoms with Gasteiger partial charge in [0.1, 0.15) is 5.00 Å². The van der Waals surface area contributed by atoms with E-state index in [9.17, 15) is 9.59 Å². The van der Waals surface area contributed by atoms with Crippen LogP contribution in [0.1, 0.15) is 22.0 Å². The number of carboxylic acids is 1. The third-order valence-electron chi connectivity index (χ3n) is 2.71. The van der Waals surface area contributed by atoms with Gasteiger partial charge in [0.2, 0.25) is 0 Å². The summed E-state index contributed by atoms with van der Waals surface area (Å²) in [4.78, 5) is 23.2. The molecule has 1 amide bonds. The molecule has 1 aromatic carbocycles. The fraction of sp³-hybridized carbons (Fsp3) is 0.143. The van der Waals surface area contributed by atoms with E-state index in [0.717, 1.165) is 11.3 Å². The Balaban J connectivity index is 2.18. The fourth-order valence-corrected chi connectivity index (χ4v) is 2.56. The van der Waals surface area contributed by atoms with Gasteiger partial charge in [0.05, 0.1) is 5.56 Å². The number of rotatable bonds is 5. The molecule has 0 aliphatic rings. The lowest BCUT2D eigenvalue weighted by atomic mass is 10.1. The zero-order valence-corrected chi connectivity index (χ0v) is 11.5. The number of hydrogen-bond donors (Lipinski definition) is 2. The van der Waals surface area contributed by atoms with Gasteiger partial charge >= 0.3 is 5.97 Å². The van der Waals surface area contributed by atoms with Crippen molar-refractivity contribution in [2.75, 3.05) is 12.4 Å². The number of anilines is 1. The summed E-state index contributed by atoms with van der Waals surface area (Å²) in [6, 6.07) is 10.5. The number of ether oxygens (including phenoxy) is 1. The van der Waals surface area contributed by atoms with Crippen LogP contribution in [-0.2, 0) is 9.53 Å². The second-order valence-electron chi connectivity index (χ2n) is 3.98. The predicted octanol–water partition coefficient (Wildman–Crippen LogP) is 2.77. The van der Waals surface area contributed by atoms with Crippen LogP contribution >= 0.6 is 11.3 Å². The van der Waals surface area contributed by atoms with Gasteiger partial charge in [-0.15, -0.1) is 11.3 Å². The van der Waals surface area contributed by atoms with Crippen molar-refractivity contribution in [3.05, 3.63) is 52.9 Å². The summed E-state index contributed by atoms with van der Waals surface area (Å²) < 4.78 is 5.19. The lowest BCUT2D eigenvalue weighted by Gasteiger charge is -2.15. The molecule has 5 nitrogen and oxygen atoms in total. The first kappa shape index (κ1) is 14.2. The second kappa shape index (κ2) is 6.31. The number of hydrogen-bond acceptors (Lipinski definition) is 4. The van der Waals surface area contributed by atoms with E-state index in [-0.39, 0.29) is 5.56 Å². The molecule has 6 heteroatoms. The van der Waals surface area contributed by atoms with E-state index < -0.39 is 18.0 Å². The molecule has 0 fully saturated rings. The van der Waals surface area contributed by atoms with Crippen molar-refractivity contribution < 1.29 is 19.4 Å². The maximum atomic E-state index is 12.2. The van der Waals surface area contributed by atoms with Crippen LogP contribution in [0.4, 0.5) is 5.00 Å². The van der Waals surface area contributed by atoms with Gasteiger partial charge in [0.25, 0.3) is 5.91 Å².